The van der Waals surface area contributed by atoms with Crippen molar-refractivity contribution in [2.24, 2.45) is 0 Å². The number of anilines is 1. The summed E-state index contributed by atoms with van der Waals surface area (Å²) in [6, 6.07) is 1.22. The van der Waals surface area contributed by atoms with E-state index >= 15 is 0 Å². The molecule has 33 heavy (non-hydrogen) atoms. The van der Waals surface area contributed by atoms with Gasteiger partial charge in [-0.3, -0.25) is 9.09 Å². The van der Waals surface area contributed by atoms with E-state index in [1.807, 2.05) is 0 Å². The summed E-state index contributed by atoms with van der Waals surface area (Å²) in [7, 11) is -5.34. The summed E-state index contributed by atoms with van der Waals surface area (Å²) < 4.78 is 32.2. The van der Waals surface area contributed by atoms with Crippen LogP contribution in [0.3, 0.4) is 0 Å². The zero-order valence-corrected chi connectivity index (χ0v) is 17.4. The van der Waals surface area contributed by atoms with Crippen LogP contribution >= 0.6 is 7.82 Å². The van der Waals surface area contributed by atoms with Crippen LogP contribution in [0.15, 0.2) is 17.1 Å². The molecule has 2 aliphatic heterocycles. The van der Waals surface area contributed by atoms with Crippen molar-refractivity contribution in [2.45, 2.75) is 55.2 Å². The molecule has 18 heteroatoms. The average molecular weight is 499 g/mol. The molecule has 0 saturated carbocycles. The van der Waals surface area contributed by atoms with Gasteiger partial charge in [0, 0.05) is 12.6 Å². The molecule has 3 rings (SSSR count). The van der Waals surface area contributed by atoms with Gasteiger partial charge in [0.2, 0.25) is 0 Å². The van der Waals surface area contributed by atoms with Gasteiger partial charge in [0.15, 0.2) is 12.5 Å². The van der Waals surface area contributed by atoms with Crippen LogP contribution < -0.4 is 11.4 Å². The molecule has 3 heterocycles. The van der Waals surface area contributed by atoms with Gasteiger partial charge in [-0.2, -0.15) is 4.98 Å². The third-order valence-corrected chi connectivity index (χ3v) is 5.93. The van der Waals surface area contributed by atoms with Crippen LogP contribution in [0.25, 0.3) is 0 Å². The normalized spacial score (nSPS) is 38.7. The highest BCUT2D eigenvalue weighted by Gasteiger charge is 2.56. The molecule has 0 radical (unpaired) electrons. The lowest BCUT2D eigenvalue weighted by Crippen LogP contribution is -2.59. The summed E-state index contributed by atoms with van der Waals surface area (Å²) >= 11 is 0. The molecule has 0 aliphatic carbocycles. The maximum absolute atomic E-state index is 12.3. The summed E-state index contributed by atoms with van der Waals surface area (Å²) in [6.45, 7) is -0.941. The van der Waals surface area contributed by atoms with Gasteiger partial charge in [0.25, 0.3) is 5.79 Å². The Morgan fingerprint density at radius 3 is 2.52 bits per heavy atom. The van der Waals surface area contributed by atoms with Crippen molar-refractivity contribution in [1.82, 2.24) is 9.55 Å². The Bertz CT molecular complexity index is 977. The molecule has 186 valence electrons. The van der Waals surface area contributed by atoms with Crippen molar-refractivity contribution in [1.29, 1.82) is 0 Å². The molecule has 2 saturated heterocycles. The number of aliphatic hydroxyl groups excluding tert-OH is 5. The largest absolute Gasteiger partial charge is 0.477 e. The minimum Gasteiger partial charge on any atom is -0.477 e. The van der Waals surface area contributed by atoms with Gasteiger partial charge in [0.05, 0.1) is 12.7 Å². The average Bonchev–Trinajstić information content (AvgIpc) is 2.98. The minimum atomic E-state index is -5.34. The number of hydrogen-bond donors (Lipinski definition) is 8. The number of nitrogens with zero attached hydrogens (tertiary/aromatic N) is 2. The predicted octanol–water partition coefficient (Wildman–Crippen LogP) is -4.18. The fourth-order valence-electron chi connectivity index (χ4n) is 3.23. The number of phosphoric ester groups is 1. The fraction of sp³-hybridized carbons (Fsp3) is 0.667. The highest BCUT2D eigenvalue weighted by atomic mass is 31.2. The van der Waals surface area contributed by atoms with E-state index in [0.717, 1.165) is 10.8 Å². The second-order valence-corrected chi connectivity index (χ2v) is 8.65. The lowest BCUT2D eigenvalue weighted by molar-refractivity contribution is -0.332. The summed E-state index contributed by atoms with van der Waals surface area (Å²) in [5.41, 5.74) is 4.46. The summed E-state index contributed by atoms with van der Waals surface area (Å²) in [6.07, 6.45) is -12.4. The first kappa shape index (κ1) is 25.6. The third kappa shape index (κ3) is 5.23. The Kier molecular flexibility index (Phi) is 7.23. The molecule has 0 bridgehead atoms. The van der Waals surface area contributed by atoms with E-state index in [9.17, 15) is 49.7 Å². The van der Waals surface area contributed by atoms with Crippen molar-refractivity contribution in [3.05, 3.63) is 22.7 Å². The van der Waals surface area contributed by atoms with Gasteiger partial charge in [-0.05, 0) is 6.07 Å². The second-order valence-electron chi connectivity index (χ2n) is 7.27. The summed E-state index contributed by atoms with van der Waals surface area (Å²) in [5, 5.41) is 58.4. The van der Waals surface area contributed by atoms with Crippen LogP contribution in [0.4, 0.5) is 5.82 Å². The van der Waals surface area contributed by atoms with Gasteiger partial charge >= 0.3 is 19.5 Å². The van der Waals surface area contributed by atoms with Crippen LogP contribution in [0.2, 0.25) is 0 Å². The number of aromatic nitrogens is 2. The molecule has 2 aliphatic rings. The van der Waals surface area contributed by atoms with E-state index in [1.165, 1.54) is 6.07 Å². The maximum Gasteiger partial charge on any atom is 0.475 e. The van der Waals surface area contributed by atoms with E-state index in [-0.39, 0.29) is 5.82 Å². The highest BCUT2D eigenvalue weighted by molar-refractivity contribution is 7.47. The number of phosphoric acid groups is 1. The number of hydrogen-bond acceptors (Lipinski definition) is 14. The standard InChI is InChI=1S/C15H22N3O14P/c16-7-1-2-18(14(26)17-7)11-10(22)9(21)6(30-11)4-29-33(27,28)32-15(13(24)25)3-5(19)8(20)12(23)31-15/h1-2,5-6,8-12,19-23H,3-4H2,(H,24,25)(H,27,28)(H2,16,17,26)/t5-,6+,8+,9-,10?,11+,12?,15+/m0/s1. The molecule has 2 fully saturated rings. The molecule has 0 amide bonds. The van der Waals surface area contributed by atoms with Crippen LogP contribution in [0.5, 0.6) is 0 Å². The molecule has 9 N–H and O–H groups in total. The van der Waals surface area contributed by atoms with Crippen LogP contribution in [-0.2, 0) is 27.9 Å². The molecular formula is C15H22N3O14P. The van der Waals surface area contributed by atoms with Crippen LogP contribution in [0.1, 0.15) is 12.6 Å². The number of ether oxygens (including phenoxy) is 2. The first-order valence-electron chi connectivity index (χ1n) is 9.26. The summed E-state index contributed by atoms with van der Waals surface area (Å²) in [4.78, 5) is 36.9. The smallest absolute Gasteiger partial charge is 0.475 e. The number of aliphatic hydroxyl groups is 5. The molecule has 1 aromatic rings. The maximum atomic E-state index is 12.3. The number of carboxylic acids is 1. The monoisotopic (exact) mass is 499 g/mol. The SMILES string of the molecule is Nc1ccn([C@@H]2O[C@H](COP(=O)(O)O[C@@]3(C(=O)O)C[C@H](O)[C@@H](O)C(O)O3)[C@H](O)C2O)c(=O)n1. The van der Waals surface area contributed by atoms with Gasteiger partial charge < -0.3 is 50.7 Å². The Morgan fingerprint density at radius 2 is 1.94 bits per heavy atom. The molecule has 0 aromatic carbocycles. The van der Waals surface area contributed by atoms with Crippen molar-refractivity contribution in [2.75, 3.05) is 12.3 Å². The third-order valence-electron chi connectivity index (χ3n) is 4.93. The van der Waals surface area contributed by atoms with Crippen molar-refractivity contribution >= 4 is 19.6 Å². The van der Waals surface area contributed by atoms with E-state index in [2.05, 4.69) is 18.8 Å². The lowest BCUT2D eigenvalue weighted by atomic mass is 10.00. The van der Waals surface area contributed by atoms with Gasteiger partial charge in [-0.1, -0.05) is 0 Å². The van der Waals surface area contributed by atoms with Crippen LogP contribution in [-0.4, -0.2) is 100 Å². The first-order chi connectivity index (χ1) is 15.3. The Balaban J connectivity index is 1.70. The highest BCUT2D eigenvalue weighted by Crippen LogP contribution is 2.51. The van der Waals surface area contributed by atoms with Gasteiger partial charge in [-0.25, -0.2) is 18.7 Å². The molecule has 9 atom stereocenters. The van der Waals surface area contributed by atoms with Gasteiger partial charge in [-0.15, -0.1) is 0 Å². The number of carbonyl (C=O) groups is 1. The van der Waals surface area contributed by atoms with E-state index in [0.29, 0.717) is 0 Å². The van der Waals surface area contributed by atoms with Crippen molar-refractivity contribution in [3.63, 3.8) is 0 Å². The predicted molar refractivity (Wildman–Crippen MR) is 99.8 cm³/mol. The van der Waals surface area contributed by atoms with Crippen molar-refractivity contribution < 1.29 is 63.4 Å². The Morgan fingerprint density at radius 1 is 1.27 bits per heavy atom. The fourth-order valence-corrected chi connectivity index (χ4v) is 4.19. The Hall–Kier alpha value is -2.02. The number of nitrogens with two attached hydrogens (primary N) is 1. The van der Waals surface area contributed by atoms with Gasteiger partial charge in [0.1, 0.15) is 30.2 Å². The molecule has 3 unspecified atom stereocenters. The number of nitrogen functional groups attached to an aromatic ring is 1. The quantitative estimate of drug-likeness (QED) is 0.165. The second kappa shape index (κ2) is 9.32. The molecule has 1 aromatic heterocycles. The Labute approximate surface area is 183 Å². The molecular weight excluding hydrogens is 477 g/mol. The van der Waals surface area contributed by atoms with E-state index < -0.39 is 81.3 Å². The zero-order chi connectivity index (χ0) is 24.7. The number of carboxylic acid groups (broad SMARTS) is 1. The number of rotatable bonds is 7. The molecule has 0 spiro atoms. The first-order valence-corrected chi connectivity index (χ1v) is 10.8. The van der Waals surface area contributed by atoms with E-state index in [4.69, 9.17) is 10.5 Å². The minimum absolute atomic E-state index is 0.109. The van der Waals surface area contributed by atoms with E-state index in [1.54, 1.807) is 0 Å². The van der Waals surface area contributed by atoms with Crippen LogP contribution in [0, 0.1) is 0 Å². The topological polar surface area (TPSA) is 274 Å². The lowest BCUT2D eigenvalue weighted by Gasteiger charge is -2.40. The number of aliphatic carboxylic acids is 1. The zero-order valence-electron chi connectivity index (χ0n) is 16.5. The van der Waals surface area contributed by atoms with Crippen molar-refractivity contribution in [3.8, 4) is 0 Å². The molecule has 17 nitrogen and oxygen atoms in total. The summed E-state index contributed by atoms with van der Waals surface area (Å²) in [5.74, 6) is -5.20.